The number of anilines is 3. The van der Waals surface area contributed by atoms with Gasteiger partial charge in [0, 0.05) is 24.7 Å². The van der Waals surface area contributed by atoms with Gasteiger partial charge in [0.15, 0.2) is 0 Å². The van der Waals surface area contributed by atoms with Gasteiger partial charge < -0.3 is 25.6 Å². The topological polar surface area (TPSA) is 106 Å². The first kappa shape index (κ1) is 17.2. The second-order valence-corrected chi connectivity index (χ2v) is 6.45. The van der Waals surface area contributed by atoms with E-state index in [-0.39, 0.29) is 6.10 Å². The predicted molar refractivity (Wildman–Crippen MR) is 100 cm³/mol. The van der Waals surface area contributed by atoms with E-state index in [9.17, 15) is 14.3 Å². The van der Waals surface area contributed by atoms with Crippen LogP contribution in [0.3, 0.4) is 0 Å². The van der Waals surface area contributed by atoms with E-state index in [2.05, 4.69) is 30.5 Å². The highest BCUT2D eigenvalue weighted by Gasteiger charge is 2.18. The Balaban J connectivity index is 1.40. The second kappa shape index (κ2) is 7.20. The van der Waals surface area contributed by atoms with Crippen LogP contribution in [0.4, 0.5) is 26.4 Å². The summed E-state index contributed by atoms with van der Waals surface area (Å²) in [6, 6.07) is 4.44. The fourth-order valence-electron chi connectivity index (χ4n) is 3.11. The van der Waals surface area contributed by atoms with Gasteiger partial charge in [-0.05, 0) is 31.0 Å². The molecule has 0 radical (unpaired) electrons. The van der Waals surface area contributed by atoms with Crippen molar-refractivity contribution in [1.82, 2.24) is 15.0 Å². The molecule has 8 nitrogen and oxygen atoms in total. The molecule has 1 aliphatic heterocycles. The number of nitrogens with zero attached hydrogens (tertiary/aromatic N) is 3. The number of urea groups is 1. The van der Waals surface area contributed by atoms with Gasteiger partial charge in [-0.25, -0.2) is 19.2 Å². The van der Waals surface area contributed by atoms with Crippen LogP contribution in [-0.2, 0) is 0 Å². The summed E-state index contributed by atoms with van der Waals surface area (Å²) >= 11 is 0. The number of carbonyl (C=O) groups excluding carboxylic acids is 1. The zero-order valence-corrected chi connectivity index (χ0v) is 14.4. The summed E-state index contributed by atoms with van der Waals surface area (Å²) in [4.78, 5) is 25.5. The van der Waals surface area contributed by atoms with Crippen LogP contribution in [0.1, 0.15) is 12.8 Å². The molecule has 0 atom stereocenters. The van der Waals surface area contributed by atoms with Crippen LogP contribution in [0.15, 0.2) is 36.8 Å². The van der Waals surface area contributed by atoms with Gasteiger partial charge in [-0.1, -0.05) is 0 Å². The largest absolute Gasteiger partial charge is 0.393 e. The van der Waals surface area contributed by atoms with Gasteiger partial charge in [0.2, 0.25) is 0 Å². The van der Waals surface area contributed by atoms with Crippen LogP contribution in [0.25, 0.3) is 11.0 Å². The molecule has 9 heteroatoms. The Morgan fingerprint density at radius 2 is 2.04 bits per heavy atom. The zero-order chi connectivity index (χ0) is 18.8. The molecule has 27 heavy (non-hydrogen) atoms. The lowest BCUT2D eigenvalue weighted by Crippen LogP contribution is -2.36. The van der Waals surface area contributed by atoms with E-state index in [0.717, 1.165) is 37.9 Å². The highest BCUT2D eigenvalue weighted by atomic mass is 19.1. The van der Waals surface area contributed by atoms with E-state index in [1.54, 1.807) is 18.5 Å². The smallest absolute Gasteiger partial charge is 0.323 e. The summed E-state index contributed by atoms with van der Waals surface area (Å²) in [5.74, 6) is 0.335. The Bertz CT molecular complexity index is 950. The fourth-order valence-corrected chi connectivity index (χ4v) is 3.11. The molecule has 0 bridgehead atoms. The maximum atomic E-state index is 13.4. The number of H-pyrrole nitrogens is 1. The van der Waals surface area contributed by atoms with E-state index in [1.807, 2.05) is 6.07 Å². The number of pyridine rings is 2. The van der Waals surface area contributed by atoms with Gasteiger partial charge in [0.1, 0.15) is 17.3 Å². The van der Waals surface area contributed by atoms with Crippen LogP contribution in [0, 0.1) is 5.82 Å². The standard InChI is InChI=1S/C18H19FN6O2/c19-11-7-14-15(10-22-17(14)21-8-11)24-18(27)23-12-1-2-16(20-9-12)25-5-3-13(26)4-6-25/h1-2,7-10,13,26H,3-6H2,(H,21,22)(H2,23,24,27). The third-order valence-corrected chi connectivity index (χ3v) is 4.54. The van der Waals surface area contributed by atoms with E-state index in [4.69, 9.17) is 0 Å². The molecule has 1 fully saturated rings. The molecular weight excluding hydrogens is 351 g/mol. The van der Waals surface area contributed by atoms with Gasteiger partial charge in [-0.15, -0.1) is 0 Å². The Morgan fingerprint density at radius 3 is 2.78 bits per heavy atom. The van der Waals surface area contributed by atoms with E-state index < -0.39 is 11.8 Å². The molecule has 1 aliphatic rings. The Morgan fingerprint density at radius 1 is 1.22 bits per heavy atom. The normalized spacial score (nSPS) is 15.1. The molecule has 0 saturated carbocycles. The van der Waals surface area contributed by atoms with Gasteiger partial charge in [-0.3, -0.25) is 0 Å². The average Bonchev–Trinajstić information content (AvgIpc) is 3.05. The average molecular weight is 370 g/mol. The molecule has 0 aliphatic carbocycles. The maximum Gasteiger partial charge on any atom is 0.323 e. The van der Waals surface area contributed by atoms with E-state index in [1.165, 1.54) is 6.07 Å². The van der Waals surface area contributed by atoms with E-state index >= 15 is 0 Å². The molecule has 4 N–H and O–H groups in total. The first-order chi connectivity index (χ1) is 13.1. The monoisotopic (exact) mass is 370 g/mol. The number of aromatic amines is 1. The van der Waals surface area contributed by atoms with Crippen LogP contribution in [-0.4, -0.2) is 45.3 Å². The number of amides is 2. The van der Waals surface area contributed by atoms with Gasteiger partial charge >= 0.3 is 6.03 Å². The van der Waals surface area contributed by atoms with Crippen molar-refractivity contribution < 1.29 is 14.3 Å². The minimum Gasteiger partial charge on any atom is -0.393 e. The van der Waals surface area contributed by atoms with Crippen molar-refractivity contribution in [3.05, 3.63) is 42.6 Å². The fraction of sp³-hybridized carbons (Fsp3) is 0.278. The Labute approximate surface area is 154 Å². The van der Waals surface area contributed by atoms with Crippen molar-refractivity contribution >= 4 is 34.3 Å². The second-order valence-electron chi connectivity index (χ2n) is 6.45. The highest BCUT2D eigenvalue weighted by Crippen LogP contribution is 2.23. The lowest BCUT2D eigenvalue weighted by molar-refractivity contribution is 0.145. The first-order valence-corrected chi connectivity index (χ1v) is 8.68. The number of hydrogen-bond donors (Lipinski definition) is 4. The maximum absolute atomic E-state index is 13.4. The number of piperidine rings is 1. The number of aromatic nitrogens is 3. The summed E-state index contributed by atoms with van der Waals surface area (Å²) in [7, 11) is 0. The predicted octanol–water partition coefficient (Wildman–Crippen LogP) is 2.70. The lowest BCUT2D eigenvalue weighted by atomic mass is 10.1. The van der Waals surface area contributed by atoms with E-state index in [0.29, 0.717) is 22.4 Å². The molecule has 0 spiro atoms. The third kappa shape index (κ3) is 3.82. The van der Waals surface area contributed by atoms with Crippen molar-refractivity contribution in [2.24, 2.45) is 0 Å². The van der Waals surface area contributed by atoms with Gasteiger partial charge in [0.05, 0.1) is 29.9 Å². The highest BCUT2D eigenvalue weighted by molar-refractivity contribution is 6.05. The number of halogens is 1. The minimum absolute atomic E-state index is 0.237. The number of aliphatic hydroxyl groups is 1. The van der Waals surface area contributed by atoms with Crippen LogP contribution >= 0.6 is 0 Å². The molecule has 3 aromatic heterocycles. The lowest BCUT2D eigenvalue weighted by Gasteiger charge is -2.30. The number of fused-ring (bicyclic) bond motifs is 1. The zero-order valence-electron chi connectivity index (χ0n) is 14.4. The van der Waals surface area contributed by atoms with Crippen molar-refractivity contribution in [3.8, 4) is 0 Å². The van der Waals surface area contributed by atoms with Crippen molar-refractivity contribution in [3.63, 3.8) is 0 Å². The molecule has 0 aromatic carbocycles. The minimum atomic E-state index is -0.476. The number of hydrogen-bond acceptors (Lipinski definition) is 5. The number of rotatable bonds is 3. The van der Waals surface area contributed by atoms with Crippen LogP contribution in [0.5, 0.6) is 0 Å². The number of nitrogens with one attached hydrogen (secondary N) is 3. The summed E-state index contributed by atoms with van der Waals surface area (Å²) < 4.78 is 13.4. The summed E-state index contributed by atoms with van der Waals surface area (Å²) in [6.07, 6.45) is 5.46. The van der Waals surface area contributed by atoms with Crippen molar-refractivity contribution in [2.75, 3.05) is 28.6 Å². The molecule has 2 amide bonds. The molecule has 140 valence electrons. The summed E-state index contributed by atoms with van der Waals surface area (Å²) in [6.45, 7) is 1.51. The number of carbonyl (C=O) groups is 1. The van der Waals surface area contributed by atoms with Gasteiger partial charge in [0.25, 0.3) is 0 Å². The molecule has 1 saturated heterocycles. The Hall–Kier alpha value is -3.20. The number of aliphatic hydroxyl groups excluding tert-OH is 1. The molecule has 4 rings (SSSR count). The Kier molecular flexibility index (Phi) is 4.59. The van der Waals surface area contributed by atoms with Crippen LogP contribution < -0.4 is 15.5 Å². The van der Waals surface area contributed by atoms with Crippen molar-refractivity contribution in [1.29, 1.82) is 0 Å². The van der Waals surface area contributed by atoms with Crippen molar-refractivity contribution in [2.45, 2.75) is 18.9 Å². The molecule has 3 aromatic rings. The first-order valence-electron chi connectivity index (χ1n) is 8.68. The summed E-state index contributed by atoms with van der Waals surface area (Å²) in [5.41, 5.74) is 1.47. The van der Waals surface area contributed by atoms with Crippen LogP contribution in [0.2, 0.25) is 0 Å². The van der Waals surface area contributed by atoms with Gasteiger partial charge in [-0.2, -0.15) is 0 Å². The quantitative estimate of drug-likeness (QED) is 0.567. The molecule has 4 heterocycles. The molecular formula is C18H19FN6O2. The SMILES string of the molecule is O=C(Nc1ccc(N2CCC(O)CC2)nc1)Nc1c[nH]c2ncc(F)cc12. The summed E-state index contributed by atoms with van der Waals surface area (Å²) in [5, 5.41) is 15.4. The molecule has 0 unspecified atom stereocenters. The third-order valence-electron chi connectivity index (χ3n) is 4.54.